The Morgan fingerprint density at radius 3 is 2.85 bits per heavy atom. The van der Waals surface area contributed by atoms with Gasteiger partial charge in [0.05, 0.1) is 0 Å². The summed E-state index contributed by atoms with van der Waals surface area (Å²) in [4.78, 5) is 13.8. The molecule has 1 aromatic rings. The molecular weight excluding hydrogens is 250 g/mol. The minimum Gasteiger partial charge on any atom is -0.396 e. The third-order valence-corrected chi connectivity index (χ3v) is 4.23. The first-order valence-corrected chi connectivity index (χ1v) is 7.51. The summed E-state index contributed by atoms with van der Waals surface area (Å²) in [5, 5.41) is 8.98. The number of nitrogens with zero attached hydrogens (tertiary/aromatic N) is 1. The molecule has 1 atom stereocenters. The fraction of sp³-hybridized carbons (Fsp3) is 0.588. The molecule has 0 saturated heterocycles. The van der Waals surface area contributed by atoms with Crippen LogP contribution in [0, 0.1) is 12.8 Å². The van der Waals surface area contributed by atoms with E-state index in [0.717, 1.165) is 32.4 Å². The number of rotatable bonds is 6. The maximum atomic E-state index is 11.4. The van der Waals surface area contributed by atoms with Gasteiger partial charge in [0.15, 0.2) is 0 Å². The SMILES string of the molecule is CC(=O)[C@H](C)Cc1cc(C)c2c(c1)CCN2CCCO. The number of anilines is 1. The van der Waals surface area contributed by atoms with E-state index in [-0.39, 0.29) is 18.3 Å². The van der Waals surface area contributed by atoms with Crippen LogP contribution >= 0.6 is 0 Å². The summed E-state index contributed by atoms with van der Waals surface area (Å²) in [7, 11) is 0. The quantitative estimate of drug-likeness (QED) is 0.867. The molecule has 1 aromatic carbocycles. The molecule has 3 heteroatoms. The maximum absolute atomic E-state index is 11.4. The van der Waals surface area contributed by atoms with E-state index in [2.05, 4.69) is 24.0 Å². The van der Waals surface area contributed by atoms with Gasteiger partial charge < -0.3 is 10.0 Å². The van der Waals surface area contributed by atoms with Crippen LogP contribution in [-0.4, -0.2) is 30.6 Å². The second-order valence-corrected chi connectivity index (χ2v) is 5.95. The van der Waals surface area contributed by atoms with Gasteiger partial charge in [-0.3, -0.25) is 4.79 Å². The van der Waals surface area contributed by atoms with Gasteiger partial charge in [-0.25, -0.2) is 0 Å². The van der Waals surface area contributed by atoms with E-state index in [0.29, 0.717) is 0 Å². The van der Waals surface area contributed by atoms with Crippen LogP contribution in [-0.2, 0) is 17.6 Å². The first kappa shape index (κ1) is 15.0. The molecule has 0 fully saturated rings. The van der Waals surface area contributed by atoms with Crippen molar-refractivity contribution in [3.63, 3.8) is 0 Å². The molecule has 110 valence electrons. The zero-order valence-corrected chi connectivity index (χ0v) is 12.8. The lowest BCUT2D eigenvalue weighted by Gasteiger charge is -2.21. The third kappa shape index (κ3) is 3.21. The van der Waals surface area contributed by atoms with Crippen LogP contribution in [0.2, 0.25) is 0 Å². The Kier molecular flexibility index (Phi) is 4.81. The van der Waals surface area contributed by atoms with Crippen LogP contribution in [0.25, 0.3) is 0 Å². The molecule has 0 saturated carbocycles. The lowest BCUT2D eigenvalue weighted by atomic mass is 9.94. The zero-order valence-electron chi connectivity index (χ0n) is 12.8. The van der Waals surface area contributed by atoms with Crippen molar-refractivity contribution < 1.29 is 9.90 Å². The van der Waals surface area contributed by atoms with Gasteiger partial charge in [-0.05, 0) is 49.8 Å². The smallest absolute Gasteiger partial charge is 0.132 e. The second kappa shape index (κ2) is 6.40. The van der Waals surface area contributed by atoms with Gasteiger partial charge in [0.1, 0.15) is 5.78 Å². The largest absolute Gasteiger partial charge is 0.396 e. The number of carbonyl (C=O) groups excluding carboxylic acids is 1. The van der Waals surface area contributed by atoms with Gasteiger partial charge in [-0.1, -0.05) is 19.1 Å². The predicted molar refractivity (Wildman–Crippen MR) is 82.3 cm³/mol. The van der Waals surface area contributed by atoms with Gasteiger partial charge in [0.2, 0.25) is 0 Å². The van der Waals surface area contributed by atoms with Gasteiger partial charge in [0, 0.05) is 31.3 Å². The molecule has 0 amide bonds. The molecule has 0 bridgehead atoms. The molecule has 0 unspecified atom stereocenters. The fourth-order valence-corrected chi connectivity index (χ4v) is 3.04. The average Bonchev–Trinajstić information content (AvgIpc) is 2.79. The number of carbonyl (C=O) groups is 1. The van der Waals surface area contributed by atoms with Crippen LogP contribution in [0.4, 0.5) is 5.69 Å². The normalized spacial score (nSPS) is 15.3. The molecule has 1 N–H and O–H groups in total. The Bertz CT molecular complexity index is 496. The number of Topliss-reactive ketones (excluding diaryl/α,β-unsaturated/α-hetero) is 1. The lowest BCUT2D eigenvalue weighted by molar-refractivity contribution is -0.120. The Balaban J connectivity index is 2.18. The van der Waals surface area contributed by atoms with E-state index in [1.54, 1.807) is 6.92 Å². The topological polar surface area (TPSA) is 40.5 Å². The molecule has 0 radical (unpaired) electrons. The summed E-state index contributed by atoms with van der Waals surface area (Å²) in [5.41, 5.74) is 5.31. The van der Waals surface area contributed by atoms with E-state index < -0.39 is 0 Å². The molecule has 20 heavy (non-hydrogen) atoms. The van der Waals surface area contributed by atoms with Crippen LogP contribution < -0.4 is 4.90 Å². The molecule has 3 nitrogen and oxygen atoms in total. The van der Waals surface area contributed by atoms with Crippen molar-refractivity contribution in [1.82, 2.24) is 0 Å². The predicted octanol–water partition coefficient (Wildman–Crippen LogP) is 2.51. The van der Waals surface area contributed by atoms with Crippen molar-refractivity contribution >= 4 is 11.5 Å². The first-order chi connectivity index (χ1) is 9.52. The molecule has 0 aromatic heterocycles. The standard InChI is InChI=1S/C17H25NO2/c1-12(14(3)20)9-15-10-13(2)17-16(11-15)5-7-18(17)6-4-8-19/h10-12,19H,4-9H2,1-3H3/t12-/m1/s1. The Labute approximate surface area is 121 Å². The highest BCUT2D eigenvalue weighted by Gasteiger charge is 2.22. The minimum atomic E-state index is 0.0966. The third-order valence-electron chi connectivity index (χ3n) is 4.23. The van der Waals surface area contributed by atoms with E-state index in [4.69, 9.17) is 5.11 Å². The van der Waals surface area contributed by atoms with E-state index >= 15 is 0 Å². The van der Waals surface area contributed by atoms with Crippen molar-refractivity contribution in [1.29, 1.82) is 0 Å². The van der Waals surface area contributed by atoms with Crippen LogP contribution in [0.3, 0.4) is 0 Å². The fourth-order valence-electron chi connectivity index (χ4n) is 3.04. The summed E-state index contributed by atoms with van der Waals surface area (Å²) in [5.74, 6) is 0.354. The maximum Gasteiger partial charge on any atom is 0.132 e. The van der Waals surface area contributed by atoms with Crippen LogP contribution in [0.5, 0.6) is 0 Å². The number of hydrogen-bond acceptors (Lipinski definition) is 3. The van der Waals surface area contributed by atoms with Crippen LogP contribution in [0.15, 0.2) is 12.1 Å². The second-order valence-electron chi connectivity index (χ2n) is 5.95. The van der Waals surface area contributed by atoms with Crippen molar-refractivity contribution in [2.45, 2.75) is 40.0 Å². The van der Waals surface area contributed by atoms with Gasteiger partial charge in [-0.2, -0.15) is 0 Å². The van der Waals surface area contributed by atoms with E-state index in [1.807, 2.05) is 6.92 Å². The monoisotopic (exact) mass is 275 g/mol. The Morgan fingerprint density at radius 2 is 2.20 bits per heavy atom. The summed E-state index contributed by atoms with van der Waals surface area (Å²) in [6.45, 7) is 8.03. The Morgan fingerprint density at radius 1 is 1.45 bits per heavy atom. The van der Waals surface area contributed by atoms with Crippen molar-refractivity contribution in [3.05, 3.63) is 28.8 Å². The number of aryl methyl sites for hydroxylation is 1. The number of ketones is 1. The summed E-state index contributed by atoms with van der Waals surface area (Å²) >= 11 is 0. The zero-order chi connectivity index (χ0) is 14.7. The Hall–Kier alpha value is -1.35. The molecule has 0 spiro atoms. The molecule has 0 aliphatic carbocycles. The number of hydrogen-bond donors (Lipinski definition) is 1. The molecule has 1 aliphatic rings. The highest BCUT2D eigenvalue weighted by Crippen LogP contribution is 2.33. The highest BCUT2D eigenvalue weighted by atomic mass is 16.3. The molecule has 1 aliphatic heterocycles. The van der Waals surface area contributed by atoms with Crippen molar-refractivity contribution in [3.8, 4) is 0 Å². The number of aliphatic hydroxyl groups is 1. The first-order valence-electron chi connectivity index (χ1n) is 7.51. The highest BCUT2D eigenvalue weighted by molar-refractivity contribution is 5.78. The van der Waals surface area contributed by atoms with E-state index in [9.17, 15) is 4.79 Å². The van der Waals surface area contributed by atoms with Gasteiger partial charge in [-0.15, -0.1) is 0 Å². The van der Waals surface area contributed by atoms with Crippen molar-refractivity contribution in [2.24, 2.45) is 5.92 Å². The number of benzene rings is 1. The molecule has 1 heterocycles. The number of fused-ring (bicyclic) bond motifs is 1. The lowest BCUT2D eigenvalue weighted by Crippen LogP contribution is -2.23. The van der Waals surface area contributed by atoms with Gasteiger partial charge in [0.25, 0.3) is 0 Å². The number of aliphatic hydroxyl groups excluding tert-OH is 1. The summed E-state index contributed by atoms with van der Waals surface area (Å²) in [6, 6.07) is 4.48. The average molecular weight is 275 g/mol. The summed E-state index contributed by atoms with van der Waals surface area (Å²) < 4.78 is 0. The molecular formula is C17H25NO2. The van der Waals surface area contributed by atoms with Gasteiger partial charge >= 0.3 is 0 Å². The summed E-state index contributed by atoms with van der Waals surface area (Å²) in [6.07, 6.45) is 2.73. The van der Waals surface area contributed by atoms with Crippen LogP contribution in [0.1, 0.15) is 37.0 Å². The molecule has 2 rings (SSSR count). The van der Waals surface area contributed by atoms with E-state index in [1.165, 1.54) is 22.4 Å². The van der Waals surface area contributed by atoms with Crippen molar-refractivity contribution in [2.75, 3.05) is 24.6 Å². The minimum absolute atomic E-state index is 0.0966.